The van der Waals surface area contributed by atoms with E-state index in [0.717, 1.165) is 22.0 Å². The van der Waals surface area contributed by atoms with Crippen LogP contribution in [0.25, 0.3) is 10.9 Å². The van der Waals surface area contributed by atoms with Crippen molar-refractivity contribution in [2.75, 3.05) is 6.61 Å². The predicted octanol–water partition coefficient (Wildman–Crippen LogP) is 2.84. The van der Waals surface area contributed by atoms with Crippen LogP contribution in [-0.4, -0.2) is 17.5 Å². The number of pyridine rings is 1. The molecule has 0 aliphatic carbocycles. The third-order valence-corrected chi connectivity index (χ3v) is 3.98. The summed E-state index contributed by atoms with van der Waals surface area (Å²) < 4.78 is 5.39. The minimum absolute atomic E-state index is 0.0896. The standard InChI is InChI=1S/C20H20N2O3/c1-13-8-14(2)17-10-15(20(24)22-18(17)9-13)11-21-19(23)12-25-16-6-4-3-5-7-16/h3-10H,11-12H2,1-2H3,(H,21,23)(H,22,24). The number of rotatable bonds is 5. The molecule has 0 atom stereocenters. The number of benzene rings is 2. The average Bonchev–Trinajstić information content (AvgIpc) is 2.59. The number of hydrogen-bond acceptors (Lipinski definition) is 3. The molecule has 0 aliphatic heterocycles. The van der Waals surface area contributed by atoms with E-state index in [1.165, 1.54) is 0 Å². The van der Waals surface area contributed by atoms with Crippen molar-refractivity contribution >= 4 is 16.8 Å². The van der Waals surface area contributed by atoms with E-state index in [4.69, 9.17) is 4.74 Å². The van der Waals surface area contributed by atoms with Crippen molar-refractivity contribution in [2.45, 2.75) is 20.4 Å². The fourth-order valence-electron chi connectivity index (χ4n) is 2.76. The highest BCUT2D eigenvalue weighted by atomic mass is 16.5. The maximum Gasteiger partial charge on any atom is 0.258 e. The van der Waals surface area contributed by atoms with Crippen LogP contribution in [-0.2, 0) is 11.3 Å². The number of H-pyrrole nitrogens is 1. The Bertz CT molecular complexity index is 962. The highest BCUT2D eigenvalue weighted by Gasteiger charge is 2.08. The summed E-state index contributed by atoms with van der Waals surface area (Å²) in [6.45, 7) is 4.07. The second-order valence-corrected chi connectivity index (χ2v) is 6.05. The minimum atomic E-state index is -0.274. The molecule has 3 rings (SSSR count). The lowest BCUT2D eigenvalue weighted by molar-refractivity contribution is -0.123. The number of aromatic nitrogens is 1. The monoisotopic (exact) mass is 336 g/mol. The van der Waals surface area contributed by atoms with Gasteiger partial charge >= 0.3 is 0 Å². The first-order chi connectivity index (χ1) is 12.0. The van der Waals surface area contributed by atoms with E-state index in [1.54, 1.807) is 12.1 Å². The Kier molecular flexibility index (Phi) is 4.84. The maximum absolute atomic E-state index is 12.2. The van der Waals surface area contributed by atoms with Crippen molar-refractivity contribution in [1.82, 2.24) is 10.3 Å². The third-order valence-electron chi connectivity index (χ3n) is 3.98. The van der Waals surface area contributed by atoms with Crippen molar-refractivity contribution < 1.29 is 9.53 Å². The normalized spacial score (nSPS) is 10.6. The number of hydrogen-bond donors (Lipinski definition) is 2. The number of aryl methyl sites for hydroxylation is 2. The highest BCUT2D eigenvalue weighted by molar-refractivity contribution is 5.83. The van der Waals surface area contributed by atoms with Crippen molar-refractivity contribution in [3.05, 3.63) is 75.6 Å². The Labute approximate surface area is 145 Å². The maximum atomic E-state index is 12.2. The lowest BCUT2D eigenvalue weighted by Gasteiger charge is -2.09. The van der Waals surface area contributed by atoms with Gasteiger partial charge < -0.3 is 15.0 Å². The van der Waals surface area contributed by atoms with E-state index in [-0.39, 0.29) is 24.6 Å². The summed E-state index contributed by atoms with van der Waals surface area (Å²) in [6, 6.07) is 15.0. The fourth-order valence-corrected chi connectivity index (χ4v) is 2.76. The van der Waals surface area contributed by atoms with E-state index in [2.05, 4.69) is 16.4 Å². The third kappa shape index (κ3) is 4.07. The van der Waals surface area contributed by atoms with E-state index in [1.807, 2.05) is 44.2 Å². The van der Waals surface area contributed by atoms with E-state index >= 15 is 0 Å². The minimum Gasteiger partial charge on any atom is -0.484 e. The van der Waals surface area contributed by atoms with Crippen LogP contribution in [0.4, 0.5) is 0 Å². The molecule has 0 aliphatic rings. The van der Waals surface area contributed by atoms with Gasteiger partial charge in [0.15, 0.2) is 6.61 Å². The summed E-state index contributed by atoms with van der Waals surface area (Å²) in [6.07, 6.45) is 0. The second kappa shape index (κ2) is 7.21. The number of para-hydroxylation sites is 1. The Morgan fingerprint density at radius 2 is 1.88 bits per heavy atom. The first kappa shape index (κ1) is 16.8. The molecule has 0 fully saturated rings. The molecule has 2 N–H and O–H groups in total. The van der Waals surface area contributed by atoms with Crippen molar-refractivity contribution in [3.8, 4) is 5.75 Å². The van der Waals surface area contributed by atoms with Crippen LogP contribution in [0.3, 0.4) is 0 Å². The summed E-state index contributed by atoms with van der Waals surface area (Å²) in [5.74, 6) is 0.358. The number of nitrogens with one attached hydrogen (secondary N) is 2. The lowest BCUT2D eigenvalue weighted by atomic mass is 10.0. The second-order valence-electron chi connectivity index (χ2n) is 6.05. The zero-order chi connectivity index (χ0) is 17.8. The summed E-state index contributed by atoms with van der Waals surface area (Å²) in [7, 11) is 0. The number of aromatic amines is 1. The van der Waals surface area contributed by atoms with Gasteiger partial charge in [0.05, 0.1) is 0 Å². The van der Waals surface area contributed by atoms with E-state index in [0.29, 0.717) is 11.3 Å². The quantitative estimate of drug-likeness (QED) is 0.752. The van der Waals surface area contributed by atoms with Crippen LogP contribution in [0.2, 0.25) is 0 Å². The van der Waals surface area contributed by atoms with Crippen molar-refractivity contribution in [1.29, 1.82) is 0 Å². The molecular weight excluding hydrogens is 316 g/mol. The van der Waals surface area contributed by atoms with E-state index < -0.39 is 0 Å². The molecular formula is C20H20N2O3. The molecule has 0 radical (unpaired) electrons. The lowest BCUT2D eigenvalue weighted by Crippen LogP contribution is -2.30. The molecule has 0 unspecified atom stereocenters. The zero-order valence-electron chi connectivity index (χ0n) is 14.3. The number of carbonyl (C=O) groups is 1. The van der Waals surface area contributed by atoms with Crippen LogP contribution in [0.15, 0.2) is 53.3 Å². The molecule has 1 heterocycles. The summed E-state index contributed by atoms with van der Waals surface area (Å²) >= 11 is 0. The molecule has 2 aromatic carbocycles. The molecule has 1 aromatic heterocycles. The molecule has 0 bridgehead atoms. The van der Waals surface area contributed by atoms with Gasteiger partial charge in [-0.15, -0.1) is 0 Å². The van der Waals surface area contributed by atoms with Gasteiger partial charge in [-0.1, -0.05) is 24.3 Å². The molecule has 1 amide bonds. The fraction of sp³-hybridized carbons (Fsp3) is 0.200. The molecule has 0 saturated heterocycles. The van der Waals surface area contributed by atoms with Crippen LogP contribution in [0.5, 0.6) is 5.75 Å². The first-order valence-electron chi connectivity index (χ1n) is 8.10. The molecule has 25 heavy (non-hydrogen) atoms. The molecule has 0 spiro atoms. The van der Waals surface area contributed by atoms with Gasteiger partial charge in [0.1, 0.15) is 5.75 Å². The molecule has 5 heteroatoms. The summed E-state index contributed by atoms with van der Waals surface area (Å²) in [4.78, 5) is 27.0. The summed E-state index contributed by atoms with van der Waals surface area (Å²) in [5.41, 5.74) is 3.32. The zero-order valence-corrected chi connectivity index (χ0v) is 14.3. The highest BCUT2D eigenvalue weighted by Crippen LogP contribution is 2.18. The van der Waals surface area contributed by atoms with Crippen molar-refractivity contribution in [2.24, 2.45) is 0 Å². The van der Waals surface area contributed by atoms with Crippen molar-refractivity contribution in [3.63, 3.8) is 0 Å². The van der Waals surface area contributed by atoms with Gasteiger partial charge in [-0.05, 0) is 49.2 Å². The Morgan fingerprint density at radius 3 is 2.64 bits per heavy atom. The first-order valence-corrected chi connectivity index (χ1v) is 8.10. The van der Waals surface area contributed by atoms with Crippen LogP contribution in [0.1, 0.15) is 16.7 Å². The number of fused-ring (bicyclic) bond motifs is 1. The summed E-state index contributed by atoms with van der Waals surface area (Å²) in [5, 5.41) is 3.70. The number of carbonyl (C=O) groups excluding carboxylic acids is 1. The van der Waals surface area contributed by atoms with Gasteiger partial charge in [0.2, 0.25) is 0 Å². The van der Waals surface area contributed by atoms with Gasteiger partial charge in [0.25, 0.3) is 11.5 Å². The van der Waals surface area contributed by atoms with Gasteiger partial charge in [-0.2, -0.15) is 0 Å². The number of ether oxygens (including phenoxy) is 1. The average molecular weight is 336 g/mol. The molecule has 128 valence electrons. The topological polar surface area (TPSA) is 71.2 Å². The Hall–Kier alpha value is -3.08. The van der Waals surface area contributed by atoms with Crippen LogP contribution in [0, 0.1) is 13.8 Å². The molecule has 3 aromatic rings. The van der Waals surface area contributed by atoms with Gasteiger partial charge in [-0.3, -0.25) is 9.59 Å². The van der Waals surface area contributed by atoms with Gasteiger partial charge in [-0.25, -0.2) is 0 Å². The molecule has 0 saturated carbocycles. The number of amides is 1. The van der Waals surface area contributed by atoms with E-state index in [9.17, 15) is 9.59 Å². The smallest absolute Gasteiger partial charge is 0.258 e. The largest absolute Gasteiger partial charge is 0.484 e. The Morgan fingerprint density at radius 1 is 1.12 bits per heavy atom. The Balaban J connectivity index is 1.67. The molecule has 5 nitrogen and oxygen atoms in total. The van der Waals surface area contributed by atoms with Crippen LogP contribution < -0.4 is 15.6 Å². The SMILES string of the molecule is Cc1cc(C)c2cc(CNC(=O)COc3ccccc3)c(=O)[nH]c2c1. The van der Waals surface area contributed by atoms with Crippen LogP contribution >= 0.6 is 0 Å². The van der Waals surface area contributed by atoms with Gasteiger partial charge in [0, 0.05) is 23.0 Å². The predicted molar refractivity (Wildman–Crippen MR) is 97.8 cm³/mol.